The second-order valence-electron chi connectivity index (χ2n) is 1.58. The molecule has 2 heterocycles. The SMILES string of the molecule is c1cc2c(o1)NCO2. The minimum absolute atomic E-state index is 0.537. The molecule has 8 heavy (non-hydrogen) atoms. The van der Waals surface area contributed by atoms with E-state index in [1.165, 1.54) is 0 Å². The van der Waals surface area contributed by atoms with Gasteiger partial charge >= 0.3 is 0 Å². The average molecular weight is 111 g/mol. The third-order valence-corrected chi connectivity index (χ3v) is 1.09. The Bertz CT molecular complexity index is 176. The van der Waals surface area contributed by atoms with Crippen LogP contribution in [0, 0.1) is 0 Å². The summed E-state index contributed by atoms with van der Waals surface area (Å²) in [7, 11) is 0. The van der Waals surface area contributed by atoms with Crippen molar-refractivity contribution >= 4 is 5.88 Å². The Morgan fingerprint density at radius 3 is 3.50 bits per heavy atom. The van der Waals surface area contributed by atoms with Crippen LogP contribution in [0.2, 0.25) is 0 Å². The highest BCUT2D eigenvalue weighted by Crippen LogP contribution is 2.28. The maximum absolute atomic E-state index is 5.03. The monoisotopic (exact) mass is 111 g/mol. The summed E-state index contributed by atoms with van der Waals surface area (Å²) in [6.45, 7) is 0.537. The van der Waals surface area contributed by atoms with Crippen molar-refractivity contribution in [1.29, 1.82) is 0 Å². The smallest absolute Gasteiger partial charge is 0.238 e. The fourth-order valence-electron chi connectivity index (χ4n) is 0.719. The molecule has 0 fully saturated rings. The summed E-state index contributed by atoms with van der Waals surface area (Å²) < 4.78 is 9.97. The highest BCUT2D eigenvalue weighted by Gasteiger charge is 2.12. The van der Waals surface area contributed by atoms with Crippen LogP contribution in [0.3, 0.4) is 0 Å². The van der Waals surface area contributed by atoms with E-state index in [4.69, 9.17) is 9.15 Å². The largest absolute Gasteiger partial charge is 0.468 e. The van der Waals surface area contributed by atoms with E-state index < -0.39 is 0 Å². The molecule has 0 aromatic carbocycles. The zero-order valence-corrected chi connectivity index (χ0v) is 4.18. The summed E-state index contributed by atoms with van der Waals surface area (Å²) in [6.07, 6.45) is 1.59. The van der Waals surface area contributed by atoms with Crippen molar-refractivity contribution in [3.05, 3.63) is 12.3 Å². The standard InChI is InChI=1S/C5H5NO2/c1-2-7-5-4(1)8-3-6-5/h1-2,6H,3H2. The summed E-state index contributed by atoms with van der Waals surface area (Å²) in [5, 5.41) is 2.89. The fraction of sp³-hybridized carbons (Fsp3) is 0.200. The van der Waals surface area contributed by atoms with Crippen LogP contribution >= 0.6 is 0 Å². The van der Waals surface area contributed by atoms with Gasteiger partial charge in [-0.25, -0.2) is 0 Å². The first-order valence-electron chi connectivity index (χ1n) is 2.41. The third-order valence-electron chi connectivity index (χ3n) is 1.09. The Labute approximate surface area is 46.2 Å². The van der Waals surface area contributed by atoms with Gasteiger partial charge < -0.3 is 14.5 Å². The van der Waals surface area contributed by atoms with Crippen LogP contribution in [0.15, 0.2) is 16.7 Å². The van der Waals surface area contributed by atoms with E-state index in [1.807, 2.05) is 0 Å². The lowest BCUT2D eigenvalue weighted by Gasteiger charge is -1.85. The zero-order chi connectivity index (χ0) is 5.40. The van der Waals surface area contributed by atoms with E-state index in [9.17, 15) is 0 Å². The van der Waals surface area contributed by atoms with E-state index in [1.54, 1.807) is 12.3 Å². The molecule has 0 spiro atoms. The van der Waals surface area contributed by atoms with Gasteiger partial charge in [0.05, 0.1) is 6.26 Å². The number of hydrogen-bond acceptors (Lipinski definition) is 3. The van der Waals surface area contributed by atoms with Gasteiger partial charge in [-0.3, -0.25) is 0 Å². The van der Waals surface area contributed by atoms with Crippen LogP contribution in [-0.4, -0.2) is 6.73 Å². The normalized spacial score (nSPS) is 14.5. The lowest BCUT2D eigenvalue weighted by atomic mass is 10.6. The second kappa shape index (κ2) is 1.18. The maximum atomic E-state index is 5.03. The summed E-state index contributed by atoms with van der Waals surface area (Å²) in [5.74, 6) is 1.55. The molecule has 0 amide bonds. The highest BCUT2D eigenvalue weighted by molar-refractivity contribution is 5.49. The minimum atomic E-state index is 0.537. The van der Waals surface area contributed by atoms with E-state index in [0.29, 0.717) is 6.73 Å². The number of fused-ring (bicyclic) bond motifs is 1. The summed E-state index contributed by atoms with van der Waals surface area (Å²) in [4.78, 5) is 0. The van der Waals surface area contributed by atoms with Crippen molar-refractivity contribution in [2.45, 2.75) is 0 Å². The summed E-state index contributed by atoms with van der Waals surface area (Å²) in [5.41, 5.74) is 0. The van der Waals surface area contributed by atoms with Crippen molar-refractivity contribution in [3.63, 3.8) is 0 Å². The van der Waals surface area contributed by atoms with Gasteiger partial charge in [-0.1, -0.05) is 0 Å². The number of nitrogens with one attached hydrogen (secondary N) is 1. The van der Waals surface area contributed by atoms with Crippen molar-refractivity contribution in [2.24, 2.45) is 0 Å². The second-order valence-corrected chi connectivity index (χ2v) is 1.58. The van der Waals surface area contributed by atoms with Gasteiger partial charge in [0.15, 0.2) is 12.5 Å². The zero-order valence-electron chi connectivity index (χ0n) is 4.18. The molecule has 0 bridgehead atoms. The van der Waals surface area contributed by atoms with Gasteiger partial charge in [0.25, 0.3) is 0 Å². The number of ether oxygens (including phenoxy) is 1. The Kier molecular flexibility index (Phi) is 0.566. The average Bonchev–Trinajstić information content (AvgIpc) is 2.15. The predicted octanol–water partition coefficient (Wildman–Crippen LogP) is 1.04. The first-order valence-corrected chi connectivity index (χ1v) is 2.41. The van der Waals surface area contributed by atoms with Gasteiger partial charge in [0.1, 0.15) is 0 Å². The maximum Gasteiger partial charge on any atom is 0.238 e. The quantitative estimate of drug-likeness (QED) is 0.543. The molecule has 2 rings (SSSR count). The van der Waals surface area contributed by atoms with Gasteiger partial charge in [0, 0.05) is 6.07 Å². The first-order chi connectivity index (χ1) is 3.97. The van der Waals surface area contributed by atoms with Crippen LogP contribution in [0.1, 0.15) is 0 Å². The van der Waals surface area contributed by atoms with Gasteiger partial charge in [-0.15, -0.1) is 0 Å². The molecule has 1 N–H and O–H groups in total. The summed E-state index contributed by atoms with van der Waals surface area (Å²) >= 11 is 0. The van der Waals surface area contributed by atoms with Gasteiger partial charge in [0.2, 0.25) is 5.88 Å². The molecule has 3 nitrogen and oxygen atoms in total. The molecule has 0 radical (unpaired) electrons. The molecule has 0 unspecified atom stereocenters. The molecule has 1 aromatic rings. The molecule has 1 aliphatic rings. The Hall–Kier alpha value is -1.12. The molecular weight excluding hydrogens is 106 g/mol. The number of rotatable bonds is 0. The highest BCUT2D eigenvalue weighted by atomic mass is 16.5. The Balaban J connectivity index is 2.54. The third kappa shape index (κ3) is 0.332. The van der Waals surface area contributed by atoms with E-state index in [-0.39, 0.29) is 0 Å². The van der Waals surface area contributed by atoms with Crippen LogP contribution in [0.25, 0.3) is 0 Å². The predicted molar refractivity (Wildman–Crippen MR) is 27.8 cm³/mol. The topological polar surface area (TPSA) is 34.4 Å². The van der Waals surface area contributed by atoms with Crippen LogP contribution in [-0.2, 0) is 0 Å². The molecule has 42 valence electrons. The molecule has 0 aliphatic carbocycles. The summed E-state index contributed by atoms with van der Waals surface area (Å²) in [6, 6.07) is 1.79. The molecular formula is C5H5NO2. The molecule has 0 saturated heterocycles. The van der Waals surface area contributed by atoms with Gasteiger partial charge in [-0.05, 0) is 0 Å². The number of furan rings is 1. The van der Waals surface area contributed by atoms with Crippen LogP contribution in [0.4, 0.5) is 5.88 Å². The van der Waals surface area contributed by atoms with E-state index >= 15 is 0 Å². The van der Waals surface area contributed by atoms with Crippen molar-refractivity contribution < 1.29 is 9.15 Å². The number of anilines is 1. The van der Waals surface area contributed by atoms with E-state index in [2.05, 4.69) is 5.32 Å². The first kappa shape index (κ1) is 3.83. The lowest BCUT2D eigenvalue weighted by Crippen LogP contribution is -1.96. The molecule has 0 saturated carbocycles. The minimum Gasteiger partial charge on any atom is -0.468 e. The van der Waals surface area contributed by atoms with Crippen LogP contribution in [0.5, 0.6) is 5.75 Å². The van der Waals surface area contributed by atoms with Crippen molar-refractivity contribution in [2.75, 3.05) is 12.0 Å². The fourth-order valence-corrected chi connectivity index (χ4v) is 0.719. The van der Waals surface area contributed by atoms with Crippen LogP contribution < -0.4 is 10.1 Å². The number of hydrogen-bond donors (Lipinski definition) is 1. The van der Waals surface area contributed by atoms with Crippen molar-refractivity contribution in [3.8, 4) is 5.75 Å². The Morgan fingerprint density at radius 1 is 1.62 bits per heavy atom. The van der Waals surface area contributed by atoms with Crippen molar-refractivity contribution in [1.82, 2.24) is 0 Å². The molecule has 1 aromatic heterocycles. The van der Waals surface area contributed by atoms with Gasteiger partial charge in [-0.2, -0.15) is 0 Å². The Morgan fingerprint density at radius 2 is 2.62 bits per heavy atom. The lowest BCUT2D eigenvalue weighted by molar-refractivity contribution is 0.373. The molecule has 3 heteroatoms. The molecule has 0 atom stereocenters. The molecule has 1 aliphatic heterocycles. The van der Waals surface area contributed by atoms with E-state index in [0.717, 1.165) is 11.6 Å².